The number of benzene rings is 1. The average Bonchev–Trinajstić information content (AvgIpc) is 2.80. The summed E-state index contributed by atoms with van der Waals surface area (Å²) < 4.78 is 7.19. The topological polar surface area (TPSA) is 43.3 Å². The molecule has 0 saturated carbocycles. The number of carbonyl (C=O) groups excluding carboxylic acids is 1. The number of ether oxygens (including phenoxy) is 1. The molecule has 0 atom stereocenters. The molecule has 0 aliphatic rings. The average molecular weight is 258 g/mol. The van der Waals surface area contributed by atoms with Gasteiger partial charge in [0, 0.05) is 23.8 Å². The maximum Gasteiger partial charge on any atom is 0.412 e. The molecule has 1 N–H and O–H groups in total. The third kappa shape index (κ3) is 3.88. The van der Waals surface area contributed by atoms with Gasteiger partial charge in [-0.1, -0.05) is 0 Å². The van der Waals surface area contributed by atoms with Gasteiger partial charge in [-0.05, 0) is 57.2 Å². The van der Waals surface area contributed by atoms with Gasteiger partial charge in [0.25, 0.3) is 0 Å². The smallest absolute Gasteiger partial charge is 0.412 e. The second-order valence-corrected chi connectivity index (χ2v) is 5.26. The summed E-state index contributed by atoms with van der Waals surface area (Å²) in [4.78, 5) is 11.6. The summed E-state index contributed by atoms with van der Waals surface area (Å²) in [6.45, 7) is 5.51. The molecule has 0 spiro atoms. The van der Waals surface area contributed by atoms with Gasteiger partial charge in [-0.25, -0.2) is 4.79 Å². The molecule has 1 aromatic carbocycles. The zero-order chi connectivity index (χ0) is 13.9. The number of aromatic nitrogens is 1. The van der Waals surface area contributed by atoms with Crippen molar-refractivity contribution in [1.29, 1.82) is 0 Å². The second kappa shape index (κ2) is 5.18. The van der Waals surface area contributed by atoms with Gasteiger partial charge in [0.1, 0.15) is 5.60 Å². The fourth-order valence-corrected chi connectivity index (χ4v) is 1.65. The highest BCUT2D eigenvalue weighted by atomic mass is 16.6. The fourth-order valence-electron chi connectivity index (χ4n) is 1.65. The first kappa shape index (κ1) is 13.2. The molecule has 0 unspecified atom stereocenters. The predicted molar refractivity (Wildman–Crippen MR) is 75.6 cm³/mol. The van der Waals surface area contributed by atoms with Crippen LogP contribution < -0.4 is 5.32 Å². The van der Waals surface area contributed by atoms with Gasteiger partial charge in [0.05, 0.1) is 0 Å². The molecule has 100 valence electrons. The number of anilines is 1. The molecular formula is C15H18N2O2. The largest absolute Gasteiger partial charge is 0.444 e. The van der Waals surface area contributed by atoms with Crippen molar-refractivity contribution in [2.24, 2.45) is 0 Å². The SMILES string of the molecule is CC(C)(C)OC(=O)Nc1ccc(-n2cccc2)cc1. The third-order valence-electron chi connectivity index (χ3n) is 2.42. The number of rotatable bonds is 2. The molecule has 1 amide bonds. The molecule has 2 aromatic rings. The van der Waals surface area contributed by atoms with Crippen LogP contribution in [0, 0.1) is 0 Å². The van der Waals surface area contributed by atoms with Crippen LogP contribution in [0.25, 0.3) is 5.69 Å². The quantitative estimate of drug-likeness (QED) is 0.889. The molecule has 19 heavy (non-hydrogen) atoms. The van der Waals surface area contributed by atoms with Crippen LogP contribution in [0.2, 0.25) is 0 Å². The highest BCUT2D eigenvalue weighted by Gasteiger charge is 2.15. The van der Waals surface area contributed by atoms with Crippen molar-refractivity contribution in [2.45, 2.75) is 26.4 Å². The lowest BCUT2D eigenvalue weighted by Crippen LogP contribution is -2.27. The Hall–Kier alpha value is -2.23. The maximum atomic E-state index is 11.6. The Morgan fingerprint density at radius 1 is 1.11 bits per heavy atom. The highest BCUT2D eigenvalue weighted by molar-refractivity contribution is 5.84. The van der Waals surface area contributed by atoms with Crippen LogP contribution in [-0.2, 0) is 4.74 Å². The third-order valence-corrected chi connectivity index (χ3v) is 2.42. The van der Waals surface area contributed by atoms with Crippen molar-refractivity contribution < 1.29 is 9.53 Å². The molecule has 0 fully saturated rings. The van der Waals surface area contributed by atoms with Crippen LogP contribution >= 0.6 is 0 Å². The zero-order valence-electron chi connectivity index (χ0n) is 11.4. The van der Waals surface area contributed by atoms with E-state index >= 15 is 0 Å². The summed E-state index contributed by atoms with van der Waals surface area (Å²) in [5.41, 5.74) is 1.26. The first-order valence-electron chi connectivity index (χ1n) is 6.17. The van der Waals surface area contributed by atoms with E-state index in [1.807, 2.05) is 74.1 Å². The second-order valence-electron chi connectivity index (χ2n) is 5.26. The Balaban J connectivity index is 2.01. The van der Waals surface area contributed by atoms with E-state index in [1.165, 1.54) is 0 Å². The minimum atomic E-state index is -0.491. The minimum absolute atomic E-state index is 0.443. The molecule has 0 saturated heterocycles. The van der Waals surface area contributed by atoms with E-state index in [0.717, 1.165) is 5.69 Å². The van der Waals surface area contributed by atoms with Crippen LogP contribution in [0.5, 0.6) is 0 Å². The van der Waals surface area contributed by atoms with E-state index < -0.39 is 11.7 Å². The molecule has 0 radical (unpaired) electrons. The molecule has 1 aromatic heterocycles. The molecule has 0 aliphatic heterocycles. The Morgan fingerprint density at radius 2 is 1.68 bits per heavy atom. The number of nitrogens with one attached hydrogen (secondary N) is 1. The van der Waals surface area contributed by atoms with E-state index in [4.69, 9.17) is 4.74 Å². The minimum Gasteiger partial charge on any atom is -0.444 e. The van der Waals surface area contributed by atoms with E-state index in [-0.39, 0.29) is 0 Å². The molecule has 0 aliphatic carbocycles. The van der Waals surface area contributed by atoms with Gasteiger partial charge in [0.15, 0.2) is 0 Å². The molecule has 2 rings (SSSR count). The summed E-state index contributed by atoms with van der Waals surface area (Å²) in [5, 5.41) is 2.70. The standard InChI is InChI=1S/C15H18N2O2/c1-15(2,3)19-14(18)16-12-6-8-13(9-7-12)17-10-4-5-11-17/h4-11H,1-3H3,(H,16,18). The lowest BCUT2D eigenvalue weighted by molar-refractivity contribution is 0.0636. The molecular weight excluding hydrogens is 240 g/mol. The fraction of sp³-hybridized carbons (Fsp3) is 0.267. The van der Waals surface area contributed by atoms with E-state index in [2.05, 4.69) is 5.32 Å². The van der Waals surface area contributed by atoms with Gasteiger partial charge in [-0.15, -0.1) is 0 Å². The van der Waals surface area contributed by atoms with E-state index in [0.29, 0.717) is 5.69 Å². The van der Waals surface area contributed by atoms with Crippen LogP contribution in [0.15, 0.2) is 48.8 Å². The number of amides is 1. The molecule has 0 bridgehead atoms. The Bertz CT molecular complexity index is 537. The zero-order valence-corrected chi connectivity index (χ0v) is 11.4. The van der Waals surface area contributed by atoms with Crippen molar-refractivity contribution in [3.8, 4) is 5.69 Å². The van der Waals surface area contributed by atoms with E-state index in [1.54, 1.807) is 0 Å². The van der Waals surface area contributed by atoms with Gasteiger partial charge < -0.3 is 9.30 Å². The number of hydrogen-bond donors (Lipinski definition) is 1. The van der Waals surface area contributed by atoms with Gasteiger partial charge >= 0.3 is 6.09 Å². The molecule has 4 heteroatoms. The Morgan fingerprint density at radius 3 is 2.21 bits per heavy atom. The molecule has 4 nitrogen and oxygen atoms in total. The van der Waals surface area contributed by atoms with Crippen molar-refractivity contribution in [3.63, 3.8) is 0 Å². The van der Waals surface area contributed by atoms with Crippen LogP contribution in [0.4, 0.5) is 10.5 Å². The summed E-state index contributed by atoms with van der Waals surface area (Å²) in [6, 6.07) is 11.5. The summed E-state index contributed by atoms with van der Waals surface area (Å²) in [6.07, 6.45) is 3.49. The number of carbonyl (C=O) groups is 1. The first-order chi connectivity index (χ1) is 8.94. The monoisotopic (exact) mass is 258 g/mol. The first-order valence-corrected chi connectivity index (χ1v) is 6.17. The Labute approximate surface area is 113 Å². The van der Waals surface area contributed by atoms with Crippen molar-refractivity contribution in [1.82, 2.24) is 4.57 Å². The number of hydrogen-bond acceptors (Lipinski definition) is 2. The maximum absolute atomic E-state index is 11.6. The lowest BCUT2D eigenvalue weighted by Gasteiger charge is -2.19. The summed E-state index contributed by atoms with van der Waals surface area (Å²) >= 11 is 0. The van der Waals surface area contributed by atoms with Gasteiger partial charge in [0.2, 0.25) is 0 Å². The Kier molecular flexibility index (Phi) is 3.60. The van der Waals surface area contributed by atoms with Crippen molar-refractivity contribution in [3.05, 3.63) is 48.8 Å². The van der Waals surface area contributed by atoms with Crippen molar-refractivity contribution in [2.75, 3.05) is 5.32 Å². The highest BCUT2D eigenvalue weighted by Crippen LogP contribution is 2.15. The number of nitrogens with zero attached hydrogens (tertiary/aromatic N) is 1. The van der Waals surface area contributed by atoms with E-state index in [9.17, 15) is 4.79 Å². The summed E-state index contributed by atoms with van der Waals surface area (Å²) in [7, 11) is 0. The van der Waals surface area contributed by atoms with Crippen LogP contribution in [0.1, 0.15) is 20.8 Å². The molecule has 1 heterocycles. The van der Waals surface area contributed by atoms with Gasteiger partial charge in [-0.3, -0.25) is 5.32 Å². The van der Waals surface area contributed by atoms with Gasteiger partial charge in [-0.2, -0.15) is 0 Å². The predicted octanol–water partition coefficient (Wildman–Crippen LogP) is 3.82. The summed E-state index contributed by atoms with van der Waals surface area (Å²) in [5.74, 6) is 0. The van der Waals surface area contributed by atoms with Crippen molar-refractivity contribution >= 4 is 11.8 Å². The lowest BCUT2D eigenvalue weighted by atomic mass is 10.2. The normalized spacial score (nSPS) is 11.1. The van der Waals surface area contributed by atoms with Crippen LogP contribution in [0.3, 0.4) is 0 Å². The van der Waals surface area contributed by atoms with Crippen LogP contribution in [-0.4, -0.2) is 16.3 Å².